The minimum atomic E-state index is -1.18. The Morgan fingerprint density at radius 3 is 2.58 bits per heavy atom. The number of carboxylic acids is 1. The lowest BCUT2D eigenvalue weighted by molar-refractivity contribution is -0.383. The predicted molar refractivity (Wildman–Crippen MR) is 70.0 cm³/mol. The molecule has 1 rings (SSSR count). The number of carbonyl (C=O) groups is 1. The van der Waals surface area contributed by atoms with Gasteiger partial charge in [0.1, 0.15) is 5.69 Å². The molecule has 0 saturated heterocycles. The molecule has 0 saturated carbocycles. The van der Waals surface area contributed by atoms with Crippen molar-refractivity contribution in [2.24, 2.45) is 0 Å². The van der Waals surface area contributed by atoms with E-state index >= 15 is 0 Å². The highest BCUT2D eigenvalue weighted by Gasteiger charge is 2.20. The van der Waals surface area contributed by atoms with Crippen LogP contribution in [0.1, 0.15) is 0 Å². The number of halogens is 2. The van der Waals surface area contributed by atoms with Crippen LogP contribution in [0, 0.1) is 10.1 Å². The number of anilines is 1. The third-order valence-corrected chi connectivity index (χ3v) is 3.00. The Labute approximate surface area is 118 Å². The fourth-order valence-corrected chi connectivity index (χ4v) is 1.62. The Kier molecular flexibility index (Phi) is 5.34. The lowest BCUT2D eigenvalue weighted by Crippen LogP contribution is -2.30. The summed E-state index contributed by atoms with van der Waals surface area (Å²) in [7, 11) is 1.23. The summed E-state index contributed by atoms with van der Waals surface area (Å²) in [5, 5.41) is 22.4. The standard InChI is InChI=1S/C10H10Cl2N2O5/c1-19-9(10(15)16)4-13-7-2-5(11)6(12)3-8(7)14(17)18/h2-3,9,13H,4H2,1H3,(H,15,16). The number of hydrogen-bond acceptors (Lipinski definition) is 5. The second kappa shape index (κ2) is 6.55. The Bertz CT molecular complexity index is 509. The number of nitro benzene ring substituents is 1. The number of nitrogens with one attached hydrogen (secondary N) is 1. The second-order valence-electron chi connectivity index (χ2n) is 3.48. The molecule has 1 unspecified atom stereocenters. The smallest absolute Gasteiger partial charge is 0.334 e. The first kappa shape index (κ1) is 15.5. The summed E-state index contributed by atoms with van der Waals surface area (Å²) in [6.45, 7) is -0.148. The van der Waals surface area contributed by atoms with Crippen molar-refractivity contribution in [3.63, 3.8) is 0 Å². The molecule has 1 atom stereocenters. The van der Waals surface area contributed by atoms with E-state index in [1.54, 1.807) is 0 Å². The molecule has 0 aliphatic rings. The number of aliphatic carboxylic acids is 1. The van der Waals surface area contributed by atoms with Gasteiger partial charge in [0.2, 0.25) is 0 Å². The lowest BCUT2D eigenvalue weighted by atomic mass is 10.2. The number of nitrogens with zero attached hydrogens (tertiary/aromatic N) is 1. The molecule has 1 aromatic rings. The van der Waals surface area contributed by atoms with Crippen molar-refractivity contribution in [1.29, 1.82) is 0 Å². The summed E-state index contributed by atoms with van der Waals surface area (Å²) in [6, 6.07) is 2.35. The SMILES string of the molecule is COC(CNc1cc(Cl)c(Cl)cc1[N+](=O)[O-])C(=O)O. The highest BCUT2D eigenvalue weighted by Crippen LogP contribution is 2.33. The van der Waals surface area contributed by atoms with E-state index in [1.807, 2.05) is 0 Å². The van der Waals surface area contributed by atoms with E-state index in [0.29, 0.717) is 0 Å². The van der Waals surface area contributed by atoms with Gasteiger partial charge in [0.25, 0.3) is 5.69 Å². The van der Waals surface area contributed by atoms with Gasteiger partial charge in [0.15, 0.2) is 6.10 Å². The molecule has 7 nitrogen and oxygen atoms in total. The fraction of sp³-hybridized carbons (Fsp3) is 0.300. The molecule has 19 heavy (non-hydrogen) atoms. The summed E-state index contributed by atoms with van der Waals surface area (Å²) >= 11 is 11.4. The van der Waals surface area contributed by atoms with Crippen molar-refractivity contribution in [2.75, 3.05) is 19.0 Å². The zero-order valence-electron chi connectivity index (χ0n) is 9.72. The van der Waals surface area contributed by atoms with Crippen LogP contribution in [0.5, 0.6) is 0 Å². The van der Waals surface area contributed by atoms with Crippen LogP contribution < -0.4 is 5.32 Å². The Balaban J connectivity index is 2.97. The normalized spacial score (nSPS) is 11.9. The molecule has 9 heteroatoms. The highest BCUT2D eigenvalue weighted by molar-refractivity contribution is 6.42. The maximum absolute atomic E-state index is 10.8. The summed E-state index contributed by atoms with van der Waals surface area (Å²) < 4.78 is 4.70. The topological polar surface area (TPSA) is 102 Å². The summed E-state index contributed by atoms with van der Waals surface area (Å²) in [5.74, 6) is -1.18. The van der Waals surface area contributed by atoms with E-state index in [1.165, 1.54) is 13.2 Å². The van der Waals surface area contributed by atoms with Crippen molar-refractivity contribution in [1.82, 2.24) is 0 Å². The van der Waals surface area contributed by atoms with Crippen LogP contribution in [0.25, 0.3) is 0 Å². The third-order valence-electron chi connectivity index (χ3n) is 2.27. The molecule has 0 aliphatic heterocycles. The van der Waals surface area contributed by atoms with Gasteiger partial charge in [-0.1, -0.05) is 23.2 Å². The quantitative estimate of drug-likeness (QED) is 0.618. The minimum absolute atomic E-state index is 0.0421. The molecule has 0 fully saturated rings. The Morgan fingerprint density at radius 2 is 2.11 bits per heavy atom. The Morgan fingerprint density at radius 1 is 1.53 bits per heavy atom. The van der Waals surface area contributed by atoms with Crippen molar-refractivity contribution >= 4 is 40.5 Å². The van der Waals surface area contributed by atoms with Crippen molar-refractivity contribution in [3.05, 3.63) is 32.3 Å². The maximum atomic E-state index is 10.8. The van der Waals surface area contributed by atoms with Crippen LogP contribution in [0.2, 0.25) is 10.0 Å². The van der Waals surface area contributed by atoms with Gasteiger partial charge in [-0.2, -0.15) is 0 Å². The fourth-order valence-electron chi connectivity index (χ4n) is 1.30. The molecule has 0 aromatic heterocycles. The molecule has 0 amide bonds. The van der Waals surface area contributed by atoms with Crippen molar-refractivity contribution in [2.45, 2.75) is 6.10 Å². The van der Waals surface area contributed by atoms with Crippen LogP contribution in [0.15, 0.2) is 12.1 Å². The molecule has 0 aliphatic carbocycles. The predicted octanol–water partition coefficient (Wildman–Crippen LogP) is 2.41. The maximum Gasteiger partial charge on any atom is 0.334 e. The van der Waals surface area contributed by atoms with Crippen LogP contribution in [0.4, 0.5) is 11.4 Å². The van der Waals surface area contributed by atoms with Gasteiger partial charge in [0, 0.05) is 13.2 Å². The minimum Gasteiger partial charge on any atom is -0.479 e. The van der Waals surface area contributed by atoms with E-state index in [0.717, 1.165) is 6.07 Å². The second-order valence-corrected chi connectivity index (χ2v) is 4.30. The van der Waals surface area contributed by atoms with Crippen LogP contribution >= 0.6 is 23.2 Å². The van der Waals surface area contributed by atoms with Gasteiger partial charge >= 0.3 is 5.97 Å². The third kappa shape index (κ3) is 3.95. The molecule has 2 N–H and O–H groups in total. The van der Waals surface area contributed by atoms with E-state index in [9.17, 15) is 14.9 Å². The zero-order valence-corrected chi connectivity index (χ0v) is 11.2. The van der Waals surface area contributed by atoms with E-state index in [-0.39, 0.29) is 28.0 Å². The monoisotopic (exact) mass is 308 g/mol. The van der Waals surface area contributed by atoms with E-state index in [2.05, 4.69) is 5.32 Å². The lowest BCUT2D eigenvalue weighted by Gasteiger charge is -2.13. The number of carboxylic acid groups (broad SMARTS) is 1. The molecule has 1 aromatic carbocycles. The molecule has 0 bridgehead atoms. The average molecular weight is 309 g/mol. The van der Waals surface area contributed by atoms with Gasteiger partial charge < -0.3 is 15.2 Å². The van der Waals surface area contributed by atoms with Crippen molar-refractivity contribution in [3.8, 4) is 0 Å². The molecule has 104 valence electrons. The molecular weight excluding hydrogens is 299 g/mol. The number of rotatable bonds is 6. The number of nitro groups is 1. The summed E-state index contributed by atoms with van der Waals surface area (Å²) in [6.07, 6.45) is -1.13. The van der Waals surface area contributed by atoms with E-state index in [4.69, 9.17) is 33.0 Å². The van der Waals surface area contributed by atoms with Gasteiger partial charge in [-0.25, -0.2) is 4.79 Å². The molecule has 0 radical (unpaired) electrons. The van der Waals surface area contributed by atoms with Gasteiger partial charge in [0.05, 0.1) is 21.5 Å². The number of hydrogen-bond donors (Lipinski definition) is 2. The average Bonchev–Trinajstić information content (AvgIpc) is 2.33. The summed E-state index contributed by atoms with van der Waals surface area (Å²) in [5.41, 5.74) is -0.225. The van der Waals surface area contributed by atoms with Gasteiger partial charge in [-0.15, -0.1) is 0 Å². The highest BCUT2D eigenvalue weighted by atomic mass is 35.5. The largest absolute Gasteiger partial charge is 0.479 e. The first-order valence-electron chi connectivity index (χ1n) is 4.99. The van der Waals surface area contributed by atoms with Gasteiger partial charge in [-0.05, 0) is 6.07 Å². The summed E-state index contributed by atoms with van der Waals surface area (Å²) in [4.78, 5) is 20.9. The molecular formula is C10H10Cl2N2O5. The van der Waals surface area contributed by atoms with Crippen molar-refractivity contribution < 1.29 is 19.6 Å². The van der Waals surface area contributed by atoms with Gasteiger partial charge in [-0.3, -0.25) is 10.1 Å². The number of ether oxygens (including phenoxy) is 1. The first-order valence-corrected chi connectivity index (χ1v) is 5.75. The number of methoxy groups -OCH3 is 1. The first-order chi connectivity index (χ1) is 8.86. The Hall–Kier alpha value is -1.57. The number of benzene rings is 1. The van der Waals surface area contributed by atoms with Crippen LogP contribution in [0.3, 0.4) is 0 Å². The zero-order chi connectivity index (χ0) is 14.6. The van der Waals surface area contributed by atoms with E-state index < -0.39 is 17.0 Å². The van der Waals surface area contributed by atoms with Crippen LogP contribution in [-0.4, -0.2) is 35.8 Å². The molecule has 0 spiro atoms. The van der Waals surface area contributed by atoms with Crippen LogP contribution in [-0.2, 0) is 9.53 Å². The molecule has 0 heterocycles.